The van der Waals surface area contributed by atoms with E-state index in [2.05, 4.69) is 20.8 Å². The van der Waals surface area contributed by atoms with Crippen LogP contribution in [0.5, 0.6) is 0 Å². The summed E-state index contributed by atoms with van der Waals surface area (Å²) in [6, 6.07) is 7.29. The van der Waals surface area contributed by atoms with E-state index in [9.17, 15) is 0 Å². The van der Waals surface area contributed by atoms with E-state index in [0.717, 1.165) is 10.0 Å². The van der Waals surface area contributed by atoms with E-state index in [0.29, 0.717) is 12.2 Å². The summed E-state index contributed by atoms with van der Waals surface area (Å²) in [4.78, 5) is 4.47. The molecule has 0 saturated heterocycles. The van der Waals surface area contributed by atoms with Crippen molar-refractivity contribution in [2.45, 2.75) is 6.61 Å². The Labute approximate surface area is 78.8 Å². The summed E-state index contributed by atoms with van der Waals surface area (Å²) in [7, 11) is 0. The van der Waals surface area contributed by atoms with Crippen LogP contribution in [0.4, 0.5) is 0 Å². The maximum absolute atomic E-state index is 8.56. The predicted molar refractivity (Wildman–Crippen MR) is 47.8 cm³/mol. The third kappa shape index (κ3) is 2.05. The van der Waals surface area contributed by atoms with Crippen LogP contribution in [0.15, 0.2) is 22.7 Å². The molecule has 0 bridgehead atoms. The van der Waals surface area contributed by atoms with Crippen LogP contribution in [0.1, 0.15) is 11.1 Å². The monoisotopic (exact) mass is 226 g/mol. The Morgan fingerprint density at radius 2 is 2.33 bits per heavy atom. The van der Waals surface area contributed by atoms with Crippen LogP contribution < -0.4 is 5.90 Å². The Kier molecular flexibility index (Phi) is 3.23. The number of nitrogens with two attached hydrogens (primary N) is 1. The van der Waals surface area contributed by atoms with Crippen LogP contribution in [-0.4, -0.2) is 0 Å². The molecule has 0 radical (unpaired) electrons. The first-order chi connectivity index (χ1) is 5.77. The SMILES string of the molecule is N#Cc1ccc(CON)c(Br)c1. The molecule has 0 atom stereocenters. The summed E-state index contributed by atoms with van der Waals surface area (Å²) in [6.07, 6.45) is 0. The Hall–Kier alpha value is -0.890. The highest BCUT2D eigenvalue weighted by atomic mass is 79.9. The van der Waals surface area contributed by atoms with Gasteiger partial charge in [0.15, 0.2) is 0 Å². The molecule has 3 nitrogen and oxygen atoms in total. The molecule has 0 saturated carbocycles. The zero-order valence-corrected chi connectivity index (χ0v) is 7.84. The standard InChI is InChI=1S/C8H7BrN2O/c9-8-3-6(4-10)1-2-7(8)5-12-11/h1-3H,5,11H2. The zero-order chi connectivity index (χ0) is 8.97. The van der Waals surface area contributed by atoms with Crippen molar-refractivity contribution >= 4 is 15.9 Å². The molecule has 0 fully saturated rings. The maximum atomic E-state index is 8.56. The van der Waals surface area contributed by atoms with Crippen molar-refractivity contribution in [1.29, 1.82) is 5.26 Å². The molecular weight excluding hydrogens is 220 g/mol. The Bertz CT molecular complexity index is 319. The molecule has 1 rings (SSSR count). The average molecular weight is 227 g/mol. The molecule has 0 aliphatic rings. The quantitative estimate of drug-likeness (QED) is 0.782. The summed E-state index contributed by atoms with van der Waals surface area (Å²) in [6.45, 7) is 0.340. The van der Waals surface area contributed by atoms with Crippen molar-refractivity contribution in [3.63, 3.8) is 0 Å². The minimum Gasteiger partial charge on any atom is -0.300 e. The summed E-state index contributed by atoms with van der Waals surface area (Å²) in [5, 5.41) is 8.56. The van der Waals surface area contributed by atoms with Gasteiger partial charge in [-0.1, -0.05) is 22.0 Å². The molecule has 0 aliphatic heterocycles. The van der Waals surface area contributed by atoms with Crippen molar-refractivity contribution in [1.82, 2.24) is 0 Å². The molecule has 0 spiro atoms. The average Bonchev–Trinajstić information content (AvgIpc) is 2.09. The molecule has 0 unspecified atom stereocenters. The van der Waals surface area contributed by atoms with Crippen molar-refractivity contribution in [3.8, 4) is 6.07 Å². The van der Waals surface area contributed by atoms with Gasteiger partial charge in [-0.2, -0.15) is 5.26 Å². The van der Waals surface area contributed by atoms with Crippen LogP contribution in [-0.2, 0) is 11.4 Å². The summed E-state index contributed by atoms with van der Waals surface area (Å²) in [5.74, 6) is 4.91. The van der Waals surface area contributed by atoms with E-state index in [4.69, 9.17) is 11.2 Å². The van der Waals surface area contributed by atoms with Gasteiger partial charge in [0, 0.05) is 4.47 Å². The number of nitriles is 1. The number of halogens is 1. The van der Waals surface area contributed by atoms with Crippen LogP contribution in [0, 0.1) is 11.3 Å². The van der Waals surface area contributed by atoms with Gasteiger partial charge < -0.3 is 0 Å². The predicted octanol–water partition coefficient (Wildman–Crippen LogP) is 1.71. The lowest BCUT2D eigenvalue weighted by Crippen LogP contribution is -1.99. The van der Waals surface area contributed by atoms with Gasteiger partial charge in [0.1, 0.15) is 0 Å². The highest BCUT2D eigenvalue weighted by Gasteiger charge is 2.00. The van der Waals surface area contributed by atoms with E-state index in [1.807, 2.05) is 6.07 Å². The number of rotatable bonds is 2. The van der Waals surface area contributed by atoms with Gasteiger partial charge in [-0.25, -0.2) is 5.90 Å². The lowest BCUT2D eigenvalue weighted by molar-refractivity contribution is 0.123. The molecule has 1 aromatic carbocycles. The molecule has 1 aromatic rings. The molecule has 0 aromatic heterocycles. The van der Waals surface area contributed by atoms with Gasteiger partial charge in [0.25, 0.3) is 0 Å². The minimum absolute atomic E-state index is 0.340. The number of nitrogens with zero attached hydrogens (tertiary/aromatic N) is 1. The smallest absolute Gasteiger partial charge is 0.0992 e. The van der Waals surface area contributed by atoms with Crippen LogP contribution in [0.3, 0.4) is 0 Å². The van der Waals surface area contributed by atoms with Gasteiger partial charge in [0.05, 0.1) is 18.2 Å². The summed E-state index contributed by atoms with van der Waals surface area (Å²) in [5.41, 5.74) is 1.54. The fraction of sp³-hybridized carbons (Fsp3) is 0.125. The summed E-state index contributed by atoms with van der Waals surface area (Å²) >= 11 is 3.30. The van der Waals surface area contributed by atoms with Crippen molar-refractivity contribution < 1.29 is 4.84 Å². The minimum atomic E-state index is 0.340. The molecule has 0 aliphatic carbocycles. The topological polar surface area (TPSA) is 59.0 Å². The molecule has 4 heteroatoms. The second kappa shape index (κ2) is 4.21. The highest BCUT2D eigenvalue weighted by molar-refractivity contribution is 9.10. The molecule has 62 valence electrons. The first kappa shape index (κ1) is 9.20. The molecular formula is C8H7BrN2O. The van der Waals surface area contributed by atoms with Gasteiger partial charge >= 0.3 is 0 Å². The fourth-order valence-electron chi connectivity index (χ4n) is 0.824. The Morgan fingerprint density at radius 1 is 1.58 bits per heavy atom. The van der Waals surface area contributed by atoms with Crippen molar-refractivity contribution in [2.75, 3.05) is 0 Å². The highest BCUT2D eigenvalue weighted by Crippen LogP contribution is 2.18. The number of benzene rings is 1. The normalized spacial score (nSPS) is 9.42. The molecule has 12 heavy (non-hydrogen) atoms. The van der Waals surface area contributed by atoms with Crippen molar-refractivity contribution in [2.24, 2.45) is 5.90 Å². The van der Waals surface area contributed by atoms with E-state index >= 15 is 0 Å². The van der Waals surface area contributed by atoms with Gasteiger partial charge in [-0.3, -0.25) is 4.84 Å². The Balaban J connectivity index is 2.97. The second-order valence-electron chi connectivity index (χ2n) is 2.23. The van der Waals surface area contributed by atoms with E-state index in [1.165, 1.54) is 0 Å². The Morgan fingerprint density at radius 3 is 2.83 bits per heavy atom. The van der Waals surface area contributed by atoms with E-state index < -0.39 is 0 Å². The third-order valence-electron chi connectivity index (χ3n) is 1.42. The van der Waals surface area contributed by atoms with Gasteiger partial charge in [-0.05, 0) is 17.7 Å². The first-order valence-electron chi connectivity index (χ1n) is 3.28. The van der Waals surface area contributed by atoms with E-state index in [1.54, 1.807) is 18.2 Å². The number of hydrogen-bond acceptors (Lipinski definition) is 3. The van der Waals surface area contributed by atoms with Gasteiger partial charge in [0.2, 0.25) is 0 Å². The lowest BCUT2D eigenvalue weighted by atomic mass is 10.2. The number of hydrogen-bond donors (Lipinski definition) is 1. The molecule has 0 amide bonds. The fourth-order valence-corrected chi connectivity index (χ4v) is 1.32. The van der Waals surface area contributed by atoms with E-state index in [-0.39, 0.29) is 0 Å². The molecule has 0 heterocycles. The summed E-state index contributed by atoms with van der Waals surface area (Å²) < 4.78 is 0.840. The van der Waals surface area contributed by atoms with Crippen LogP contribution >= 0.6 is 15.9 Å². The maximum Gasteiger partial charge on any atom is 0.0992 e. The van der Waals surface area contributed by atoms with Gasteiger partial charge in [-0.15, -0.1) is 0 Å². The van der Waals surface area contributed by atoms with Crippen LogP contribution in [0.25, 0.3) is 0 Å². The van der Waals surface area contributed by atoms with Crippen molar-refractivity contribution in [3.05, 3.63) is 33.8 Å². The molecule has 2 N–H and O–H groups in total. The lowest BCUT2D eigenvalue weighted by Gasteiger charge is -2.01. The third-order valence-corrected chi connectivity index (χ3v) is 2.16. The first-order valence-corrected chi connectivity index (χ1v) is 4.07. The zero-order valence-electron chi connectivity index (χ0n) is 6.25. The largest absolute Gasteiger partial charge is 0.300 e. The van der Waals surface area contributed by atoms with Crippen LogP contribution in [0.2, 0.25) is 0 Å². The second-order valence-corrected chi connectivity index (χ2v) is 3.08.